The molecule has 3 rings (SSSR count). The molecule has 2 heterocycles. The van der Waals surface area contributed by atoms with E-state index in [0.717, 1.165) is 17.3 Å². The smallest absolute Gasteiger partial charge is 0.237 e. The van der Waals surface area contributed by atoms with Crippen molar-refractivity contribution in [3.05, 3.63) is 58.3 Å². The number of nitrogens with zero attached hydrogens (tertiary/aromatic N) is 3. The molecule has 0 fully saturated rings. The normalized spacial score (nSPS) is 11.4. The number of amides is 1. The number of hydrogen-bond donors (Lipinski definition) is 2. The number of aromatic nitrogens is 1. The number of nitrogen functional groups attached to an aromatic ring is 1. The molecular formula is C22H18ClN5O2S. The molecule has 1 amide bonds. The van der Waals surface area contributed by atoms with Crippen LogP contribution < -0.4 is 11.1 Å². The fraction of sp³-hybridized carbons (Fsp3) is 0.182. The van der Waals surface area contributed by atoms with Crippen LogP contribution in [0.4, 0.5) is 11.5 Å². The minimum Gasteiger partial charge on any atom is -0.464 e. The van der Waals surface area contributed by atoms with Gasteiger partial charge in [-0.2, -0.15) is 10.5 Å². The standard InChI is InChI=1S/C22H18ClN5O2S/c1-3-18(21(29)27-13-7-6-12(2)16(23)9-13)31-22-15(11-25)19(17-5-4-8-30-17)14(10-24)20(26)28-22/h4-9,18H,3H2,1-2H3,(H2,26,28)(H,27,29). The van der Waals surface area contributed by atoms with E-state index >= 15 is 0 Å². The molecule has 156 valence electrons. The predicted octanol–water partition coefficient (Wildman–Crippen LogP) is 5.14. The van der Waals surface area contributed by atoms with Gasteiger partial charge in [0.1, 0.15) is 34.3 Å². The molecule has 1 unspecified atom stereocenters. The van der Waals surface area contributed by atoms with E-state index < -0.39 is 5.25 Å². The number of furan rings is 1. The van der Waals surface area contributed by atoms with E-state index in [1.807, 2.05) is 26.0 Å². The Morgan fingerprint density at radius 3 is 2.65 bits per heavy atom. The molecule has 0 saturated carbocycles. The van der Waals surface area contributed by atoms with Crippen LogP contribution in [0, 0.1) is 29.6 Å². The Bertz CT molecular complexity index is 1210. The van der Waals surface area contributed by atoms with Gasteiger partial charge in [-0.05, 0) is 43.2 Å². The summed E-state index contributed by atoms with van der Waals surface area (Å²) in [5.74, 6) is 0.0346. The molecule has 0 bridgehead atoms. The van der Waals surface area contributed by atoms with Crippen molar-refractivity contribution in [2.45, 2.75) is 30.5 Å². The van der Waals surface area contributed by atoms with Crippen LogP contribution in [0.5, 0.6) is 0 Å². The largest absolute Gasteiger partial charge is 0.464 e. The van der Waals surface area contributed by atoms with Crippen molar-refractivity contribution in [1.29, 1.82) is 10.5 Å². The second kappa shape index (κ2) is 9.57. The van der Waals surface area contributed by atoms with Crippen molar-refractivity contribution in [2.24, 2.45) is 0 Å². The van der Waals surface area contributed by atoms with E-state index in [4.69, 9.17) is 21.8 Å². The maximum absolute atomic E-state index is 12.9. The first-order valence-corrected chi connectivity index (χ1v) is 10.6. The fourth-order valence-electron chi connectivity index (χ4n) is 2.90. The second-order valence-electron chi connectivity index (χ2n) is 6.60. The van der Waals surface area contributed by atoms with Gasteiger partial charge in [-0.1, -0.05) is 36.4 Å². The van der Waals surface area contributed by atoms with Gasteiger partial charge in [0.25, 0.3) is 0 Å². The third kappa shape index (κ3) is 4.66. The van der Waals surface area contributed by atoms with E-state index in [1.165, 1.54) is 6.26 Å². The van der Waals surface area contributed by atoms with Gasteiger partial charge in [0, 0.05) is 10.7 Å². The van der Waals surface area contributed by atoms with Gasteiger partial charge in [-0.25, -0.2) is 4.98 Å². The maximum Gasteiger partial charge on any atom is 0.237 e. The van der Waals surface area contributed by atoms with Crippen LogP contribution in [-0.4, -0.2) is 16.1 Å². The number of rotatable bonds is 6. The number of nitrogens with one attached hydrogen (secondary N) is 1. The molecule has 0 spiro atoms. The Labute approximate surface area is 188 Å². The van der Waals surface area contributed by atoms with Gasteiger partial charge in [0.15, 0.2) is 0 Å². The first-order chi connectivity index (χ1) is 14.9. The molecule has 3 aromatic rings. The van der Waals surface area contributed by atoms with Crippen molar-refractivity contribution in [3.63, 3.8) is 0 Å². The van der Waals surface area contributed by atoms with Crippen molar-refractivity contribution >= 4 is 40.8 Å². The fourth-order valence-corrected chi connectivity index (χ4v) is 4.10. The number of benzene rings is 1. The minimum absolute atomic E-state index is 0.0315. The Morgan fingerprint density at radius 2 is 2.06 bits per heavy atom. The molecule has 1 atom stereocenters. The summed E-state index contributed by atoms with van der Waals surface area (Å²) in [4.78, 5) is 17.1. The van der Waals surface area contributed by atoms with E-state index in [0.29, 0.717) is 22.9 Å². The van der Waals surface area contributed by atoms with Crippen molar-refractivity contribution in [2.75, 3.05) is 11.1 Å². The van der Waals surface area contributed by atoms with Gasteiger partial charge in [0.2, 0.25) is 5.91 Å². The van der Waals surface area contributed by atoms with Crippen molar-refractivity contribution < 1.29 is 9.21 Å². The minimum atomic E-state index is -0.559. The lowest BCUT2D eigenvalue weighted by Crippen LogP contribution is -2.25. The average Bonchev–Trinajstić information content (AvgIpc) is 3.28. The topological polar surface area (TPSA) is 129 Å². The van der Waals surface area contributed by atoms with E-state index in [2.05, 4.69) is 16.4 Å². The summed E-state index contributed by atoms with van der Waals surface area (Å²) in [6, 6.07) is 12.6. The van der Waals surface area contributed by atoms with Crippen LogP contribution in [0.3, 0.4) is 0 Å². The van der Waals surface area contributed by atoms with Crippen LogP contribution in [-0.2, 0) is 4.79 Å². The Morgan fingerprint density at radius 1 is 1.32 bits per heavy atom. The van der Waals surface area contributed by atoms with Crippen LogP contribution in [0.15, 0.2) is 46.0 Å². The molecule has 0 aliphatic heterocycles. The average molecular weight is 452 g/mol. The summed E-state index contributed by atoms with van der Waals surface area (Å²) in [6.45, 7) is 3.73. The monoisotopic (exact) mass is 451 g/mol. The number of anilines is 2. The predicted molar refractivity (Wildman–Crippen MR) is 121 cm³/mol. The van der Waals surface area contributed by atoms with E-state index in [-0.39, 0.29) is 33.4 Å². The number of carbonyl (C=O) groups excluding carboxylic acids is 1. The van der Waals surface area contributed by atoms with Crippen LogP contribution in [0.2, 0.25) is 5.02 Å². The Hall–Kier alpha value is -3.46. The SMILES string of the molecule is CCC(Sc1nc(N)c(C#N)c(-c2ccco2)c1C#N)C(=O)Nc1ccc(C)c(Cl)c1. The molecular weight excluding hydrogens is 434 g/mol. The summed E-state index contributed by atoms with van der Waals surface area (Å²) in [5.41, 5.74) is 7.94. The van der Waals surface area contributed by atoms with Gasteiger partial charge in [-0.3, -0.25) is 4.79 Å². The van der Waals surface area contributed by atoms with Crippen LogP contribution in [0.25, 0.3) is 11.3 Å². The van der Waals surface area contributed by atoms with E-state index in [9.17, 15) is 15.3 Å². The maximum atomic E-state index is 12.9. The zero-order chi connectivity index (χ0) is 22.5. The molecule has 31 heavy (non-hydrogen) atoms. The number of carbonyl (C=O) groups is 1. The quantitative estimate of drug-likeness (QED) is 0.496. The van der Waals surface area contributed by atoms with E-state index in [1.54, 1.807) is 24.3 Å². The molecule has 2 aromatic heterocycles. The van der Waals surface area contributed by atoms with Gasteiger partial charge in [0.05, 0.1) is 22.6 Å². The highest BCUT2D eigenvalue weighted by Gasteiger charge is 2.26. The summed E-state index contributed by atoms with van der Waals surface area (Å²) in [6.07, 6.45) is 1.91. The molecule has 7 nitrogen and oxygen atoms in total. The lowest BCUT2D eigenvalue weighted by Gasteiger charge is -2.17. The number of nitriles is 2. The number of thioether (sulfide) groups is 1. The molecule has 0 aliphatic rings. The number of pyridine rings is 1. The number of nitrogens with two attached hydrogens (primary N) is 1. The first kappa shape index (κ1) is 22.2. The lowest BCUT2D eigenvalue weighted by atomic mass is 10.0. The third-order valence-electron chi connectivity index (χ3n) is 4.54. The molecule has 3 N–H and O–H groups in total. The van der Waals surface area contributed by atoms with Gasteiger partial charge in [-0.15, -0.1) is 0 Å². The Balaban J connectivity index is 1.96. The summed E-state index contributed by atoms with van der Waals surface area (Å²) >= 11 is 7.25. The molecule has 0 saturated heterocycles. The summed E-state index contributed by atoms with van der Waals surface area (Å²) in [5, 5.41) is 22.4. The highest BCUT2D eigenvalue weighted by molar-refractivity contribution is 8.00. The lowest BCUT2D eigenvalue weighted by molar-refractivity contribution is -0.115. The van der Waals surface area contributed by atoms with Crippen molar-refractivity contribution in [1.82, 2.24) is 4.98 Å². The second-order valence-corrected chi connectivity index (χ2v) is 8.19. The highest BCUT2D eigenvalue weighted by atomic mass is 35.5. The van der Waals surface area contributed by atoms with Crippen molar-refractivity contribution in [3.8, 4) is 23.5 Å². The highest BCUT2D eigenvalue weighted by Crippen LogP contribution is 2.37. The zero-order valence-electron chi connectivity index (χ0n) is 16.8. The number of aryl methyl sites for hydroxylation is 1. The third-order valence-corrected chi connectivity index (χ3v) is 6.30. The summed E-state index contributed by atoms with van der Waals surface area (Å²) < 4.78 is 5.41. The molecule has 0 aliphatic carbocycles. The molecule has 9 heteroatoms. The summed E-state index contributed by atoms with van der Waals surface area (Å²) in [7, 11) is 0. The molecule has 0 radical (unpaired) electrons. The zero-order valence-corrected chi connectivity index (χ0v) is 18.3. The van der Waals surface area contributed by atoms with Crippen LogP contribution >= 0.6 is 23.4 Å². The molecule has 1 aromatic carbocycles. The number of halogens is 1. The van der Waals surface area contributed by atoms with Gasteiger partial charge < -0.3 is 15.5 Å². The van der Waals surface area contributed by atoms with Gasteiger partial charge >= 0.3 is 0 Å². The van der Waals surface area contributed by atoms with Crippen LogP contribution in [0.1, 0.15) is 30.0 Å². The number of hydrogen-bond acceptors (Lipinski definition) is 7. The first-order valence-electron chi connectivity index (χ1n) is 9.30. The Kier molecular flexibility index (Phi) is 6.86.